The number of H-pyrrole nitrogens is 1. The number of ether oxygens (including phenoxy) is 1. The minimum atomic E-state index is -0.844. The van der Waals surface area contributed by atoms with Gasteiger partial charge < -0.3 is 20.3 Å². The Morgan fingerprint density at radius 2 is 2.02 bits per heavy atom. The molecule has 2 aliphatic rings. The van der Waals surface area contributed by atoms with Crippen molar-refractivity contribution in [3.05, 3.63) is 47.3 Å². The van der Waals surface area contributed by atoms with Crippen LogP contribution in [-0.4, -0.2) is 93.5 Å². The van der Waals surface area contributed by atoms with E-state index in [1.165, 1.54) is 6.08 Å². The number of hydrogen-bond acceptors (Lipinski definition) is 8. The van der Waals surface area contributed by atoms with Gasteiger partial charge in [-0.15, -0.1) is 0 Å². The number of piperazine rings is 1. The lowest BCUT2D eigenvalue weighted by Gasteiger charge is -2.44. The maximum absolute atomic E-state index is 16.9. The van der Waals surface area contributed by atoms with Gasteiger partial charge in [0.1, 0.15) is 24.1 Å². The van der Waals surface area contributed by atoms with Gasteiger partial charge in [-0.2, -0.15) is 15.1 Å². The van der Waals surface area contributed by atoms with Crippen LogP contribution >= 0.6 is 11.6 Å². The summed E-state index contributed by atoms with van der Waals surface area (Å²) in [6, 6.07) is 5.02. The van der Waals surface area contributed by atoms with Gasteiger partial charge in [-0.3, -0.25) is 14.8 Å². The normalized spacial score (nSPS) is 21.0. The van der Waals surface area contributed by atoms with Crippen LogP contribution in [0.4, 0.5) is 20.4 Å². The molecule has 6 rings (SSSR count). The van der Waals surface area contributed by atoms with Crippen molar-refractivity contribution in [2.45, 2.75) is 45.4 Å². The van der Waals surface area contributed by atoms with Crippen LogP contribution in [0, 0.1) is 12.7 Å². The number of amides is 1. The molecule has 44 heavy (non-hydrogen) atoms. The molecule has 2 aliphatic heterocycles. The van der Waals surface area contributed by atoms with E-state index in [-0.39, 0.29) is 52.5 Å². The Labute approximate surface area is 258 Å². The Hall–Kier alpha value is -4.03. The summed E-state index contributed by atoms with van der Waals surface area (Å²) in [5.41, 5.74) is 8.33. The van der Waals surface area contributed by atoms with E-state index in [2.05, 4.69) is 21.8 Å². The fraction of sp³-hybridized carbons (Fsp3) is 0.419. The maximum atomic E-state index is 16.9. The predicted octanol–water partition coefficient (Wildman–Crippen LogP) is 4.89. The van der Waals surface area contributed by atoms with Crippen LogP contribution in [0.5, 0.6) is 6.01 Å². The van der Waals surface area contributed by atoms with Crippen LogP contribution in [0.25, 0.3) is 32.9 Å². The Morgan fingerprint density at radius 1 is 1.23 bits per heavy atom. The predicted molar refractivity (Wildman–Crippen MR) is 168 cm³/mol. The molecular weight excluding hydrogens is 590 g/mol. The quantitative estimate of drug-likeness (QED) is 0.279. The number of carbonyl (C=O) groups excluding carboxylic acids is 1. The number of nitrogens with two attached hydrogens (primary N) is 1. The molecule has 0 bridgehead atoms. The first-order valence-electron chi connectivity index (χ1n) is 14.7. The van der Waals surface area contributed by atoms with Crippen LogP contribution in [-0.2, 0) is 4.79 Å². The molecule has 1 amide bonds. The number of aryl methyl sites for hydroxylation is 1. The van der Waals surface area contributed by atoms with Gasteiger partial charge in [-0.05, 0) is 51.0 Å². The number of nitrogen functional groups attached to an aromatic ring is 1. The smallest absolute Gasteiger partial charge is 0.319 e. The second-order valence-corrected chi connectivity index (χ2v) is 12.0. The number of hydrogen-bond donors (Lipinski definition) is 2. The Kier molecular flexibility index (Phi) is 8.06. The van der Waals surface area contributed by atoms with Crippen molar-refractivity contribution in [2.75, 3.05) is 50.0 Å². The number of anilines is 2. The van der Waals surface area contributed by atoms with Crippen LogP contribution in [0.1, 0.15) is 25.8 Å². The zero-order valence-electron chi connectivity index (χ0n) is 24.9. The van der Waals surface area contributed by atoms with Crippen molar-refractivity contribution in [3.63, 3.8) is 0 Å². The zero-order valence-corrected chi connectivity index (χ0v) is 25.7. The average molecular weight is 625 g/mol. The van der Waals surface area contributed by atoms with Gasteiger partial charge in [0.25, 0.3) is 0 Å². The first-order chi connectivity index (χ1) is 21.1. The third-order valence-corrected chi connectivity index (χ3v) is 8.93. The second-order valence-electron chi connectivity index (χ2n) is 11.6. The first-order valence-corrected chi connectivity index (χ1v) is 15.1. The zero-order chi connectivity index (χ0) is 31.3. The molecule has 0 spiro atoms. The minimum absolute atomic E-state index is 0.00197. The van der Waals surface area contributed by atoms with Crippen LogP contribution in [0.2, 0.25) is 5.02 Å². The topological polar surface area (TPSA) is 116 Å². The van der Waals surface area contributed by atoms with E-state index in [0.29, 0.717) is 66.8 Å². The van der Waals surface area contributed by atoms with E-state index in [0.717, 1.165) is 5.56 Å². The highest BCUT2D eigenvalue weighted by Crippen LogP contribution is 2.43. The summed E-state index contributed by atoms with van der Waals surface area (Å²) in [7, 11) is 0. The van der Waals surface area contributed by atoms with Gasteiger partial charge in [-0.1, -0.05) is 24.2 Å². The van der Waals surface area contributed by atoms with Crippen LogP contribution < -0.4 is 15.4 Å². The molecule has 232 valence electrons. The summed E-state index contributed by atoms with van der Waals surface area (Å²) in [5, 5.41) is 8.15. The van der Waals surface area contributed by atoms with Crippen LogP contribution in [0.3, 0.4) is 0 Å². The fourth-order valence-corrected chi connectivity index (χ4v) is 6.62. The summed E-state index contributed by atoms with van der Waals surface area (Å²) in [6.07, 6.45) is 0.959. The minimum Gasteiger partial charge on any atom is -0.462 e. The highest BCUT2D eigenvalue weighted by molar-refractivity contribution is 6.35. The fourth-order valence-electron chi connectivity index (χ4n) is 6.34. The molecule has 0 saturated carbocycles. The first kappa shape index (κ1) is 30.0. The van der Waals surface area contributed by atoms with Gasteiger partial charge in [0, 0.05) is 61.3 Å². The van der Waals surface area contributed by atoms with Crippen molar-refractivity contribution in [2.24, 2.45) is 0 Å². The number of carbonyl (C=O) groups is 1. The number of likely N-dealkylation sites (tertiary alicyclic amines) is 1. The summed E-state index contributed by atoms with van der Waals surface area (Å²) >= 11 is 6.89. The molecule has 2 aromatic heterocycles. The number of fused-ring (bicyclic) bond motifs is 2. The Balaban J connectivity index is 1.47. The molecule has 0 unspecified atom stereocenters. The second kappa shape index (κ2) is 11.8. The molecule has 0 aliphatic carbocycles. The van der Waals surface area contributed by atoms with Gasteiger partial charge >= 0.3 is 6.01 Å². The number of nitrogens with zero attached hydrogens (tertiary/aromatic N) is 6. The van der Waals surface area contributed by atoms with Crippen molar-refractivity contribution in [1.82, 2.24) is 30.0 Å². The van der Waals surface area contributed by atoms with Gasteiger partial charge in [0.15, 0.2) is 11.6 Å². The van der Waals surface area contributed by atoms with Crippen LogP contribution in [0.15, 0.2) is 30.9 Å². The van der Waals surface area contributed by atoms with Gasteiger partial charge in [-0.25, -0.2) is 8.78 Å². The SMILES string of the molecule is C=CC(=O)N1C[C@H](C)N(c2nc(OCCN3CC[C@H](F)C3)nc3c(F)c(-c4c(C)ccc5[nH]nc(N)c45)c(Cl)cc23)C[C@H]1C. The van der Waals surface area contributed by atoms with E-state index >= 15 is 4.39 Å². The lowest BCUT2D eigenvalue weighted by molar-refractivity contribution is -0.128. The summed E-state index contributed by atoms with van der Waals surface area (Å²) in [6.45, 7) is 12.0. The Morgan fingerprint density at radius 3 is 2.75 bits per heavy atom. The number of aromatic nitrogens is 4. The number of nitrogens with one attached hydrogen (secondary N) is 1. The third-order valence-electron chi connectivity index (χ3n) is 8.63. The molecule has 3 N–H and O–H groups in total. The number of aromatic amines is 1. The van der Waals surface area contributed by atoms with E-state index < -0.39 is 12.0 Å². The summed E-state index contributed by atoms with van der Waals surface area (Å²) in [4.78, 5) is 27.6. The summed E-state index contributed by atoms with van der Waals surface area (Å²) in [5.74, 6) is -0.114. The molecule has 4 aromatic rings. The maximum Gasteiger partial charge on any atom is 0.319 e. The molecule has 0 radical (unpaired) electrons. The lowest BCUT2D eigenvalue weighted by Crippen LogP contribution is -2.58. The number of benzene rings is 2. The van der Waals surface area contributed by atoms with Gasteiger partial charge in [0.2, 0.25) is 5.91 Å². The number of alkyl halides is 1. The third kappa shape index (κ3) is 5.30. The van der Waals surface area contributed by atoms with Gasteiger partial charge in [0.05, 0.1) is 15.9 Å². The van der Waals surface area contributed by atoms with Crippen molar-refractivity contribution in [1.29, 1.82) is 0 Å². The van der Waals surface area contributed by atoms with E-state index in [1.54, 1.807) is 11.0 Å². The molecular formula is C31H35ClF2N8O2. The monoisotopic (exact) mass is 624 g/mol. The highest BCUT2D eigenvalue weighted by Gasteiger charge is 2.34. The molecule has 3 atom stereocenters. The van der Waals surface area contributed by atoms with E-state index in [9.17, 15) is 9.18 Å². The lowest BCUT2D eigenvalue weighted by atomic mass is 9.94. The molecule has 10 nitrogen and oxygen atoms in total. The van der Waals surface area contributed by atoms with E-state index in [4.69, 9.17) is 27.1 Å². The van der Waals surface area contributed by atoms with Crippen molar-refractivity contribution < 1.29 is 18.3 Å². The molecule has 4 heterocycles. The molecule has 2 aromatic carbocycles. The number of halogens is 3. The standard InChI is InChI=1S/C31H35ClF2N8O2/c1-5-23(43)41-13-18(4)42(14-17(41)3)30-20-12-21(32)25(24-16(2)6-7-22-26(24)29(35)39-38-22)27(34)28(20)36-31(37-30)44-11-10-40-9-8-19(33)15-40/h5-7,12,17-19H,1,8-11,13-15H2,2-4H3,(H3,35,38,39)/t17-,18+,19+/m1/s1. The molecule has 2 fully saturated rings. The van der Waals surface area contributed by atoms with Crippen molar-refractivity contribution in [3.8, 4) is 17.1 Å². The molecule has 2 saturated heterocycles. The summed E-state index contributed by atoms with van der Waals surface area (Å²) < 4.78 is 36.5. The van der Waals surface area contributed by atoms with E-state index in [1.807, 2.05) is 42.7 Å². The highest BCUT2D eigenvalue weighted by atomic mass is 35.5. The molecule has 13 heteroatoms. The Bertz CT molecular complexity index is 1760. The average Bonchev–Trinajstić information content (AvgIpc) is 3.59. The largest absolute Gasteiger partial charge is 0.462 e. The van der Waals surface area contributed by atoms with Crippen molar-refractivity contribution >= 4 is 50.9 Å². The number of rotatable bonds is 7.